The molecule has 5 rings (SSSR count). The van der Waals surface area contributed by atoms with Crippen molar-refractivity contribution in [3.8, 4) is 0 Å². The van der Waals surface area contributed by atoms with Gasteiger partial charge in [-0.2, -0.15) is 0 Å². The summed E-state index contributed by atoms with van der Waals surface area (Å²) in [5.74, 6) is -6.94. The Balaban J connectivity index is 1.55. The number of hydrogen-bond acceptors (Lipinski definition) is 13. The average Bonchev–Trinajstić information content (AvgIpc) is 3.74. The summed E-state index contributed by atoms with van der Waals surface area (Å²) in [4.78, 5) is 28.2. The lowest BCUT2D eigenvalue weighted by atomic mass is 9.69. The van der Waals surface area contributed by atoms with Gasteiger partial charge in [-0.25, -0.2) is 0 Å². The van der Waals surface area contributed by atoms with Crippen molar-refractivity contribution in [3.05, 3.63) is 0 Å². The van der Waals surface area contributed by atoms with Crippen LogP contribution in [-0.4, -0.2) is 118 Å². The van der Waals surface area contributed by atoms with Crippen LogP contribution in [0.4, 0.5) is 0 Å². The number of cyclic esters (lactones) is 1. The molecule has 0 amide bonds. The summed E-state index contributed by atoms with van der Waals surface area (Å²) in [6.45, 7) is 17.8. The van der Waals surface area contributed by atoms with Gasteiger partial charge in [-0.3, -0.25) is 9.59 Å². The third-order valence-corrected chi connectivity index (χ3v) is 11.7. The highest BCUT2D eigenvalue weighted by Crippen LogP contribution is 2.60. The Bertz CT molecular complexity index is 1210. The third kappa shape index (κ3) is 7.23. The van der Waals surface area contributed by atoms with Gasteiger partial charge in [-0.1, -0.05) is 41.5 Å². The van der Waals surface area contributed by atoms with Crippen molar-refractivity contribution in [2.45, 2.75) is 185 Å². The number of rotatable bonds is 6. The highest BCUT2D eigenvalue weighted by molar-refractivity contribution is 5.83. The lowest BCUT2D eigenvalue weighted by molar-refractivity contribution is -0.420. The van der Waals surface area contributed by atoms with Crippen molar-refractivity contribution in [3.63, 3.8) is 0 Å². The maximum absolute atomic E-state index is 14.4. The quantitative estimate of drug-likeness (QED) is 0.236. The molecule has 5 fully saturated rings. The molecule has 4 N–H and O–H groups in total. The van der Waals surface area contributed by atoms with E-state index >= 15 is 0 Å². The van der Waals surface area contributed by atoms with Crippen LogP contribution in [0.5, 0.6) is 0 Å². The van der Waals surface area contributed by atoms with Gasteiger partial charge < -0.3 is 53.8 Å². The van der Waals surface area contributed by atoms with E-state index in [4.69, 9.17) is 33.2 Å². The Hall–Kier alpha value is -1.26. The van der Waals surface area contributed by atoms with Gasteiger partial charge in [-0.15, -0.1) is 0 Å². The van der Waals surface area contributed by atoms with Crippen LogP contribution in [0.1, 0.15) is 101 Å². The second-order valence-corrected chi connectivity index (χ2v) is 16.4. The molecule has 49 heavy (non-hydrogen) atoms. The van der Waals surface area contributed by atoms with Crippen molar-refractivity contribution in [2.75, 3.05) is 7.11 Å². The van der Waals surface area contributed by atoms with E-state index in [1.165, 1.54) is 6.92 Å². The van der Waals surface area contributed by atoms with Crippen LogP contribution in [0, 0.1) is 23.7 Å². The Labute approximate surface area is 291 Å². The molecule has 0 aromatic rings. The average molecular weight is 700 g/mol. The molecule has 5 aliphatic rings. The number of fused-ring (bicyclic) bond motifs is 3. The fraction of sp³-hybridized carbons (Fsp3) is 0.944. The van der Waals surface area contributed by atoms with Crippen LogP contribution in [-0.2, 0) is 42.7 Å². The molecule has 282 valence electrons. The summed E-state index contributed by atoms with van der Waals surface area (Å²) >= 11 is 0. The first-order valence-corrected chi connectivity index (χ1v) is 18.2. The number of carbonyl (C=O) groups is 2. The topological polar surface area (TPSA) is 175 Å². The number of nitrogens with one attached hydrogen (secondary N) is 1. The molecule has 5 aliphatic heterocycles. The van der Waals surface area contributed by atoms with Crippen molar-refractivity contribution in [2.24, 2.45) is 23.7 Å². The highest BCUT2D eigenvalue weighted by Gasteiger charge is 2.76. The predicted molar refractivity (Wildman–Crippen MR) is 176 cm³/mol. The van der Waals surface area contributed by atoms with Crippen LogP contribution in [0.2, 0.25) is 0 Å². The fourth-order valence-electron chi connectivity index (χ4n) is 9.24. The molecule has 5 heterocycles. The second kappa shape index (κ2) is 13.9. The summed E-state index contributed by atoms with van der Waals surface area (Å²) in [5.41, 5.74) is -3.59. The molecular formula is C36H61NO12. The summed E-state index contributed by atoms with van der Waals surface area (Å²) in [6.07, 6.45) is -4.58. The van der Waals surface area contributed by atoms with Crippen molar-refractivity contribution in [1.82, 2.24) is 5.32 Å². The predicted octanol–water partition coefficient (Wildman–Crippen LogP) is 2.59. The maximum atomic E-state index is 14.4. The number of hydrogen-bond donors (Lipinski definition) is 4. The molecule has 17 atom stereocenters. The first-order chi connectivity index (χ1) is 22.7. The number of aliphatic hydroxyl groups is 3. The summed E-state index contributed by atoms with van der Waals surface area (Å²) in [6, 6.07) is 0.368. The van der Waals surface area contributed by atoms with Crippen LogP contribution < -0.4 is 5.32 Å². The van der Waals surface area contributed by atoms with Gasteiger partial charge in [0.05, 0.1) is 42.5 Å². The smallest absolute Gasteiger partial charge is 0.317 e. The van der Waals surface area contributed by atoms with Crippen molar-refractivity contribution >= 4 is 11.8 Å². The Morgan fingerprint density at radius 3 is 2.31 bits per heavy atom. The third-order valence-electron chi connectivity index (χ3n) is 11.7. The standard InChI is InChI=1S/C36H61NO12/c1-12-24-34(10,42)29(39)20(6)27(38)18(4)15-33(9,41)30(46-25-14-23(37-17(2)3)13-19(5)44-25)21(7)28-26(32(40)45-24)35(48-28)16-36(43-11)31(49-36)22(8)47-35/h17-26,28-31,37,39,41-42H,12-16H2,1-11H3/t18-,19?,20+,21+,22?,23?,24-,25?,26-,28+,29-,30-,31?,33+,34-,35?,36?/m1/s1. The van der Waals surface area contributed by atoms with Gasteiger partial charge in [0.2, 0.25) is 5.79 Å². The van der Waals surface area contributed by atoms with Crippen LogP contribution >= 0.6 is 0 Å². The van der Waals surface area contributed by atoms with Gasteiger partial charge in [0, 0.05) is 43.4 Å². The van der Waals surface area contributed by atoms with Gasteiger partial charge in [0.15, 0.2) is 12.1 Å². The fourth-order valence-corrected chi connectivity index (χ4v) is 9.24. The zero-order valence-electron chi connectivity index (χ0n) is 31.1. The number of ketones is 1. The minimum Gasteiger partial charge on any atom is -0.459 e. The molecule has 1 spiro atoms. The molecule has 5 saturated heterocycles. The number of aliphatic hydroxyl groups excluding tert-OH is 1. The minimum atomic E-state index is -1.97. The maximum Gasteiger partial charge on any atom is 0.317 e. The molecule has 0 bridgehead atoms. The number of ether oxygens (including phenoxy) is 7. The minimum absolute atomic E-state index is 0.0178. The molecule has 0 saturated carbocycles. The largest absolute Gasteiger partial charge is 0.459 e. The second-order valence-electron chi connectivity index (χ2n) is 16.4. The molecule has 7 unspecified atom stereocenters. The van der Waals surface area contributed by atoms with Gasteiger partial charge >= 0.3 is 5.97 Å². The first kappa shape index (κ1) is 39.0. The normalized spacial score (nSPS) is 52.5. The Kier molecular flexibility index (Phi) is 11.1. The van der Waals surface area contributed by atoms with E-state index in [1.807, 2.05) is 20.8 Å². The molecular weight excluding hydrogens is 638 g/mol. The lowest BCUT2D eigenvalue weighted by Gasteiger charge is -2.58. The zero-order chi connectivity index (χ0) is 36.4. The summed E-state index contributed by atoms with van der Waals surface area (Å²) < 4.78 is 43.8. The Morgan fingerprint density at radius 2 is 1.69 bits per heavy atom. The van der Waals surface area contributed by atoms with Gasteiger partial charge in [0.25, 0.3) is 0 Å². The number of Topliss-reactive ketones (excluding diaryl/α,β-unsaturated/α-hetero) is 1. The van der Waals surface area contributed by atoms with E-state index < -0.39 is 89.2 Å². The van der Waals surface area contributed by atoms with Crippen molar-refractivity contribution < 1.29 is 58.1 Å². The number of carbonyl (C=O) groups excluding carboxylic acids is 2. The van der Waals surface area contributed by atoms with E-state index in [-0.39, 0.29) is 49.3 Å². The SMILES string of the molecule is CC[C@H]1OC(=O)[C@H]2[C@@H](OC23CC2(OC)OC2C(C)O3)[C@H](C)[C@@H](OC2CC(NC(C)C)CC(C)O2)[C@@](C)(O)C[C@@H](C)C(=O)[C@H](C)[C@@H](O)[C@]1(C)O. The van der Waals surface area contributed by atoms with E-state index in [0.29, 0.717) is 6.42 Å². The number of epoxide rings is 1. The summed E-state index contributed by atoms with van der Waals surface area (Å²) in [5, 5.41) is 38.9. The molecule has 0 aliphatic carbocycles. The molecule has 13 nitrogen and oxygen atoms in total. The van der Waals surface area contributed by atoms with Crippen LogP contribution in [0.25, 0.3) is 0 Å². The van der Waals surface area contributed by atoms with E-state index in [9.17, 15) is 24.9 Å². The monoisotopic (exact) mass is 699 g/mol. The van der Waals surface area contributed by atoms with Gasteiger partial charge in [0.1, 0.15) is 29.5 Å². The van der Waals surface area contributed by atoms with Crippen LogP contribution in [0.15, 0.2) is 0 Å². The molecule has 0 aromatic heterocycles. The van der Waals surface area contributed by atoms with Crippen LogP contribution in [0.3, 0.4) is 0 Å². The first-order valence-electron chi connectivity index (χ1n) is 18.2. The lowest BCUT2D eigenvalue weighted by Crippen LogP contribution is -2.72. The molecule has 0 radical (unpaired) electrons. The Morgan fingerprint density at radius 1 is 1.02 bits per heavy atom. The van der Waals surface area contributed by atoms with Gasteiger partial charge in [-0.05, 0) is 47.0 Å². The summed E-state index contributed by atoms with van der Waals surface area (Å²) in [7, 11) is 1.54. The molecule has 13 heteroatoms. The highest BCUT2D eigenvalue weighted by atomic mass is 16.8. The number of esters is 1. The van der Waals surface area contributed by atoms with E-state index in [1.54, 1.807) is 34.8 Å². The number of methoxy groups -OCH3 is 1. The van der Waals surface area contributed by atoms with Crippen molar-refractivity contribution in [1.29, 1.82) is 0 Å². The molecule has 0 aromatic carbocycles. The van der Waals surface area contributed by atoms with E-state index in [0.717, 1.165) is 6.42 Å². The zero-order valence-corrected chi connectivity index (χ0v) is 31.1. The van der Waals surface area contributed by atoms with E-state index in [2.05, 4.69) is 19.2 Å².